The fraction of sp³-hybridized carbons (Fsp3) is 0.429. The van der Waals surface area contributed by atoms with E-state index in [1.165, 1.54) is 5.56 Å². The van der Waals surface area contributed by atoms with E-state index in [4.69, 9.17) is 15.0 Å². The molecule has 5 nitrogen and oxygen atoms in total. The number of hydrogen-bond acceptors (Lipinski definition) is 5. The zero-order chi connectivity index (χ0) is 13.1. The molecule has 0 bridgehead atoms. The maximum Gasteiger partial charge on any atom is 0.229 e. The lowest BCUT2D eigenvalue weighted by Gasteiger charge is -2.04. The average Bonchev–Trinajstić information content (AvgIpc) is 3.18. The Labute approximate surface area is 111 Å². The third-order valence-electron chi connectivity index (χ3n) is 3.13. The third kappa shape index (κ3) is 3.12. The maximum atomic E-state index is 5.62. The van der Waals surface area contributed by atoms with E-state index in [1.807, 2.05) is 24.3 Å². The number of hydrogen-bond donors (Lipinski definition) is 1. The van der Waals surface area contributed by atoms with Crippen LogP contribution >= 0.6 is 0 Å². The van der Waals surface area contributed by atoms with Crippen molar-refractivity contribution < 1.29 is 9.26 Å². The second-order valence-corrected chi connectivity index (χ2v) is 4.79. The molecule has 0 radical (unpaired) electrons. The van der Waals surface area contributed by atoms with Crippen LogP contribution in [0, 0.1) is 0 Å². The number of ether oxygens (including phenoxy) is 1. The van der Waals surface area contributed by atoms with Crippen molar-refractivity contribution >= 4 is 0 Å². The number of nitrogens with zero attached hydrogens (tertiary/aromatic N) is 2. The van der Waals surface area contributed by atoms with Crippen LogP contribution in [-0.2, 0) is 13.0 Å². The normalized spacial score (nSPS) is 14.6. The van der Waals surface area contributed by atoms with E-state index >= 15 is 0 Å². The molecule has 1 heterocycles. The van der Waals surface area contributed by atoms with Gasteiger partial charge in [-0.3, -0.25) is 0 Å². The van der Waals surface area contributed by atoms with Crippen molar-refractivity contribution in [2.75, 3.05) is 6.54 Å². The standard InChI is InChI=1S/C14H17N3O2/c15-8-7-10-1-5-12(6-2-10)18-9-13-16-14(19-17-13)11-3-4-11/h1-2,5-6,11H,3-4,7-9,15H2. The summed E-state index contributed by atoms with van der Waals surface area (Å²) < 4.78 is 10.8. The van der Waals surface area contributed by atoms with Crippen molar-refractivity contribution in [1.82, 2.24) is 10.1 Å². The molecule has 1 aliphatic carbocycles. The van der Waals surface area contributed by atoms with Gasteiger partial charge in [-0.2, -0.15) is 4.98 Å². The molecule has 19 heavy (non-hydrogen) atoms. The van der Waals surface area contributed by atoms with Gasteiger partial charge in [-0.15, -0.1) is 0 Å². The molecule has 0 amide bonds. The molecule has 1 fully saturated rings. The van der Waals surface area contributed by atoms with Crippen molar-refractivity contribution in [3.63, 3.8) is 0 Å². The average molecular weight is 259 g/mol. The topological polar surface area (TPSA) is 74.2 Å². The first-order valence-electron chi connectivity index (χ1n) is 6.59. The number of nitrogens with two attached hydrogens (primary N) is 1. The summed E-state index contributed by atoms with van der Waals surface area (Å²) in [5.74, 6) is 2.64. The van der Waals surface area contributed by atoms with E-state index in [0.717, 1.165) is 30.9 Å². The Morgan fingerprint density at radius 2 is 2.05 bits per heavy atom. The van der Waals surface area contributed by atoms with Crippen LogP contribution in [0.4, 0.5) is 0 Å². The lowest BCUT2D eigenvalue weighted by atomic mass is 10.1. The monoisotopic (exact) mass is 259 g/mol. The van der Waals surface area contributed by atoms with Gasteiger partial charge in [-0.1, -0.05) is 17.3 Å². The van der Waals surface area contributed by atoms with Gasteiger partial charge in [0, 0.05) is 5.92 Å². The molecule has 1 aromatic heterocycles. The molecular formula is C14H17N3O2. The Hall–Kier alpha value is -1.88. The summed E-state index contributed by atoms with van der Waals surface area (Å²) in [6, 6.07) is 7.92. The first-order chi connectivity index (χ1) is 9.35. The fourth-order valence-corrected chi connectivity index (χ4v) is 1.89. The zero-order valence-electron chi connectivity index (χ0n) is 10.7. The first-order valence-corrected chi connectivity index (χ1v) is 6.59. The van der Waals surface area contributed by atoms with Crippen LogP contribution in [0.3, 0.4) is 0 Å². The summed E-state index contributed by atoms with van der Waals surface area (Å²) in [5, 5.41) is 3.91. The van der Waals surface area contributed by atoms with Gasteiger partial charge in [0.2, 0.25) is 11.7 Å². The van der Waals surface area contributed by atoms with Gasteiger partial charge in [0.15, 0.2) is 6.61 Å². The van der Waals surface area contributed by atoms with Crippen molar-refractivity contribution in [1.29, 1.82) is 0 Å². The van der Waals surface area contributed by atoms with Crippen molar-refractivity contribution in [3.05, 3.63) is 41.5 Å². The highest BCUT2D eigenvalue weighted by atomic mass is 16.5. The highest BCUT2D eigenvalue weighted by molar-refractivity contribution is 5.27. The van der Waals surface area contributed by atoms with Crippen LogP contribution in [0.5, 0.6) is 5.75 Å². The highest BCUT2D eigenvalue weighted by Gasteiger charge is 2.29. The SMILES string of the molecule is NCCc1ccc(OCc2noc(C3CC3)n2)cc1. The lowest BCUT2D eigenvalue weighted by molar-refractivity contribution is 0.285. The number of benzene rings is 1. The summed E-state index contributed by atoms with van der Waals surface area (Å²) in [6.07, 6.45) is 3.20. The second-order valence-electron chi connectivity index (χ2n) is 4.79. The van der Waals surface area contributed by atoms with E-state index in [9.17, 15) is 0 Å². The molecule has 5 heteroatoms. The zero-order valence-corrected chi connectivity index (χ0v) is 10.7. The first kappa shape index (κ1) is 12.2. The van der Waals surface area contributed by atoms with Crippen LogP contribution in [0.2, 0.25) is 0 Å². The van der Waals surface area contributed by atoms with Gasteiger partial charge < -0.3 is 15.0 Å². The maximum absolute atomic E-state index is 5.62. The second kappa shape index (κ2) is 5.40. The number of aromatic nitrogens is 2. The van der Waals surface area contributed by atoms with Gasteiger partial charge >= 0.3 is 0 Å². The molecule has 2 N–H and O–H groups in total. The van der Waals surface area contributed by atoms with Crippen LogP contribution in [0.1, 0.15) is 36.0 Å². The molecule has 1 saturated carbocycles. The van der Waals surface area contributed by atoms with Crippen molar-refractivity contribution in [3.8, 4) is 5.75 Å². The van der Waals surface area contributed by atoms with Crippen molar-refractivity contribution in [2.45, 2.75) is 31.8 Å². The van der Waals surface area contributed by atoms with Gasteiger partial charge in [0.1, 0.15) is 5.75 Å². The van der Waals surface area contributed by atoms with E-state index in [-0.39, 0.29) is 0 Å². The fourth-order valence-electron chi connectivity index (χ4n) is 1.89. The molecule has 0 aliphatic heterocycles. The van der Waals surface area contributed by atoms with Crippen LogP contribution in [0.25, 0.3) is 0 Å². The van der Waals surface area contributed by atoms with E-state index in [2.05, 4.69) is 10.1 Å². The lowest BCUT2D eigenvalue weighted by Crippen LogP contribution is -2.02. The largest absolute Gasteiger partial charge is 0.485 e. The number of rotatable bonds is 6. The molecule has 2 aromatic rings. The molecular weight excluding hydrogens is 242 g/mol. The Morgan fingerprint density at radius 3 is 2.74 bits per heavy atom. The Morgan fingerprint density at radius 1 is 1.26 bits per heavy atom. The molecule has 1 aliphatic rings. The summed E-state index contributed by atoms with van der Waals surface area (Å²) in [5.41, 5.74) is 6.72. The van der Waals surface area contributed by atoms with E-state index in [1.54, 1.807) is 0 Å². The molecule has 3 rings (SSSR count). The van der Waals surface area contributed by atoms with Gasteiger partial charge in [0.25, 0.3) is 0 Å². The minimum absolute atomic E-state index is 0.340. The minimum Gasteiger partial charge on any atom is -0.485 e. The van der Waals surface area contributed by atoms with E-state index in [0.29, 0.717) is 24.9 Å². The molecule has 0 atom stereocenters. The predicted octanol–water partition coefficient (Wildman–Crippen LogP) is 2.03. The molecule has 0 saturated heterocycles. The molecule has 100 valence electrons. The van der Waals surface area contributed by atoms with Crippen LogP contribution in [0.15, 0.2) is 28.8 Å². The van der Waals surface area contributed by atoms with E-state index < -0.39 is 0 Å². The van der Waals surface area contributed by atoms with Crippen LogP contribution < -0.4 is 10.5 Å². The quantitative estimate of drug-likeness (QED) is 0.859. The predicted molar refractivity (Wildman–Crippen MR) is 69.8 cm³/mol. The molecule has 0 spiro atoms. The van der Waals surface area contributed by atoms with Crippen molar-refractivity contribution in [2.24, 2.45) is 5.73 Å². The van der Waals surface area contributed by atoms with Gasteiger partial charge in [0.05, 0.1) is 0 Å². The summed E-state index contributed by atoms with van der Waals surface area (Å²) in [4.78, 5) is 4.32. The summed E-state index contributed by atoms with van der Waals surface area (Å²) in [6.45, 7) is 0.999. The summed E-state index contributed by atoms with van der Waals surface area (Å²) in [7, 11) is 0. The Balaban J connectivity index is 1.55. The smallest absolute Gasteiger partial charge is 0.229 e. The van der Waals surface area contributed by atoms with Crippen LogP contribution in [-0.4, -0.2) is 16.7 Å². The summed E-state index contributed by atoms with van der Waals surface area (Å²) >= 11 is 0. The molecule has 0 unspecified atom stereocenters. The third-order valence-corrected chi connectivity index (χ3v) is 3.13. The Bertz CT molecular complexity index is 532. The van der Waals surface area contributed by atoms with Gasteiger partial charge in [-0.25, -0.2) is 0 Å². The minimum atomic E-state index is 0.340. The molecule has 1 aromatic carbocycles. The highest BCUT2D eigenvalue weighted by Crippen LogP contribution is 2.38. The Kier molecular flexibility index (Phi) is 3.46. The van der Waals surface area contributed by atoms with Gasteiger partial charge in [-0.05, 0) is 43.5 Å².